The molecule has 1 aliphatic heterocycles. The van der Waals surface area contributed by atoms with Crippen LogP contribution in [0, 0.1) is 34.1 Å². The van der Waals surface area contributed by atoms with Crippen LogP contribution in [0.25, 0.3) is 16.3 Å². The topological polar surface area (TPSA) is 141 Å². The molecule has 1 aliphatic rings. The average molecular weight is 564 g/mol. The number of rotatable bonds is 6. The third-order valence-electron chi connectivity index (χ3n) is 5.33. The Kier molecular flexibility index (Phi) is 6.97. The van der Waals surface area contributed by atoms with Crippen LogP contribution in [0.1, 0.15) is 16.7 Å². The number of nitro groups is 2. The van der Waals surface area contributed by atoms with E-state index in [0.29, 0.717) is 35.1 Å². The second-order valence-electron chi connectivity index (χ2n) is 8.30. The van der Waals surface area contributed by atoms with Crippen LogP contribution >= 0.6 is 34.9 Å². The number of benzene rings is 3. The molecule has 0 bridgehead atoms. The van der Waals surface area contributed by atoms with Crippen molar-refractivity contribution in [3.8, 4) is 0 Å². The molecule has 0 spiro atoms. The highest BCUT2D eigenvalue weighted by Gasteiger charge is 2.25. The second kappa shape index (κ2) is 10.4. The Balaban J connectivity index is 1.39. The van der Waals surface area contributed by atoms with Crippen molar-refractivity contribution in [2.24, 2.45) is 4.99 Å². The number of aliphatic imine (C=N–C) groups is 1. The van der Waals surface area contributed by atoms with Gasteiger partial charge in [0.1, 0.15) is 0 Å². The molecular weight excluding hydrogens is 547 g/mol. The number of thiazole rings is 1. The van der Waals surface area contributed by atoms with E-state index in [-0.39, 0.29) is 17.3 Å². The number of hydrogen-bond acceptors (Lipinski definition) is 10. The minimum absolute atomic E-state index is 0.0444. The lowest BCUT2D eigenvalue weighted by Gasteiger charge is -2.02. The molecule has 38 heavy (non-hydrogen) atoms. The van der Waals surface area contributed by atoms with Gasteiger partial charge < -0.3 is 5.32 Å². The van der Waals surface area contributed by atoms with Crippen LogP contribution in [-0.2, 0) is 4.79 Å². The third-order valence-corrected chi connectivity index (χ3v) is 8.38. The van der Waals surface area contributed by atoms with E-state index in [1.165, 1.54) is 41.3 Å². The average Bonchev–Trinajstić information content (AvgIpc) is 3.40. The van der Waals surface area contributed by atoms with Crippen LogP contribution < -0.4 is 5.32 Å². The third kappa shape index (κ3) is 5.59. The van der Waals surface area contributed by atoms with Gasteiger partial charge in [0.2, 0.25) is 0 Å². The highest BCUT2D eigenvalue weighted by Crippen LogP contribution is 2.40. The van der Waals surface area contributed by atoms with Crippen molar-refractivity contribution < 1.29 is 14.6 Å². The maximum Gasteiger partial charge on any atom is 0.283 e. The Morgan fingerprint density at radius 2 is 1.76 bits per heavy atom. The van der Waals surface area contributed by atoms with Gasteiger partial charge >= 0.3 is 0 Å². The minimum atomic E-state index is -0.489. The van der Waals surface area contributed by atoms with E-state index >= 15 is 0 Å². The minimum Gasteiger partial charge on any atom is -0.300 e. The summed E-state index contributed by atoms with van der Waals surface area (Å²) in [7, 11) is 0. The van der Waals surface area contributed by atoms with Gasteiger partial charge in [0, 0.05) is 18.2 Å². The number of hydrogen-bond donors (Lipinski definition) is 1. The maximum absolute atomic E-state index is 12.5. The van der Waals surface area contributed by atoms with E-state index < -0.39 is 9.85 Å². The molecule has 2 heterocycles. The Morgan fingerprint density at radius 3 is 2.47 bits per heavy atom. The summed E-state index contributed by atoms with van der Waals surface area (Å²) in [6, 6.07) is 14.9. The Bertz CT molecular complexity index is 1690. The van der Waals surface area contributed by atoms with Crippen molar-refractivity contribution in [3.05, 3.63) is 96.4 Å². The lowest BCUT2D eigenvalue weighted by Crippen LogP contribution is -2.19. The Labute approximate surface area is 228 Å². The molecule has 13 heteroatoms. The van der Waals surface area contributed by atoms with Crippen molar-refractivity contribution in [1.29, 1.82) is 0 Å². The first kappa shape index (κ1) is 25.6. The molecule has 0 atom stereocenters. The molecule has 1 aromatic heterocycles. The number of thioether (sulfide) groups is 1. The highest BCUT2D eigenvalue weighted by molar-refractivity contribution is 8.18. The van der Waals surface area contributed by atoms with Gasteiger partial charge in [-0.05, 0) is 72.6 Å². The molecule has 1 saturated heterocycles. The van der Waals surface area contributed by atoms with Crippen LogP contribution in [0.3, 0.4) is 0 Å². The Hall–Kier alpha value is -4.07. The number of amides is 1. The summed E-state index contributed by atoms with van der Waals surface area (Å²) in [6.45, 7) is 3.94. The van der Waals surface area contributed by atoms with Gasteiger partial charge in [-0.15, -0.1) is 11.3 Å². The molecule has 0 aliphatic carbocycles. The van der Waals surface area contributed by atoms with Crippen molar-refractivity contribution in [3.63, 3.8) is 0 Å². The lowest BCUT2D eigenvalue weighted by atomic mass is 10.1. The molecular formula is C25H17N5O5S3. The fourth-order valence-corrected chi connectivity index (χ4v) is 6.74. The Morgan fingerprint density at radius 1 is 1.00 bits per heavy atom. The quantitative estimate of drug-likeness (QED) is 0.154. The highest BCUT2D eigenvalue weighted by atomic mass is 32.2. The molecule has 1 N–H and O–H groups in total. The molecule has 5 rings (SSSR count). The first-order chi connectivity index (χ1) is 18.1. The normalized spacial score (nSPS) is 15.4. The smallest absolute Gasteiger partial charge is 0.283 e. The summed E-state index contributed by atoms with van der Waals surface area (Å²) in [6.07, 6.45) is 1.59. The van der Waals surface area contributed by atoms with Gasteiger partial charge in [0.05, 0.1) is 35.6 Å². The predicted octanol–water partition coefficient (Wildman–Crippen LogP) is 6.77. The van der Waals surface area contributed by atoms with Crippen molar-refractivity contribution in [1.82, 2.24) is 10.3 Å². The molecule has 4 aromatic rings. The van der Waals surface area contributed by atoms with Gasteiger partial charge in [-0.3, -0.25) is 25.0 Å². The summed E-state index contributed by atoms with van der Waals surface area (Å²) in [4.78, 5) is 44.1. The second-order valence-corrected chi connectivity index (χ2v) is 11.7. The predicted molar refractivity (Wildman–Crippen MR) is 150 cm³/mol. The van der Waals surface area contributed by atoms with Gasteiger partial charge in [0.25, 0.3) is 17.3 Å². The van der Waals surface area contributed by atoms with E-state index in [1.54, 1.807) is 24.3 Å². The van der Waals surface area contributed by atoms with E-state index in [2.05, 4.69) is 15.3 Å². The maximum atomic E-state index is 12.5. The molecule has 1 fully saturated rings. The van der Waals surface area contributed by atoms with E-state index in [0.717, 1.165) is 28.6 Å². The number of non-ortho nitro benzene ring substituents is 1. The summed E-state index contributed by atoms with van der Waals surface area (Å²) >= 11 is 3.50. The van der Waals surface area contributed by atoms with Crippen LogP contribution in [0.15, 0.2) is 73.7 Å². The number of nitrogens with zero attached hydrogens (tertiary/aromatic N) is 4. The number of fused-ring (bicyclic) bond motifs is 1. The van der Waals surface area contributed by atoms with Crippen LogP contribution in [0.2, 0.25) is 0 Å². The molecule has 3 aromatic carbocycles. The standard InChI is InChI=1S/C25H17N5O5S3/c1-13-7-14(2)9-16(8-13)26-24-28-23(31)22(36-24)11-15-3-6-20(19(10-15)30(34)35)37-25-27-18-5-4-17(29(32)33)12-21(18)38-25/h3-12H,1-2H3,(H,26,28,31)/b22-11-. The fraction of sp³-hybridized carbons (Fsp3) is 0.0800. The van der Waals surface area contributed by atoms with Gasteiger partial charge in [-0.25, -0.2) is 9.98 Å². The largest absolute Gasteiger partial charge is 0.300 e. The molecule has 190 valence electrons. The summed E-state index contributed by atoms with van der Waals surface area (Å²) in [5.41, 5.74) is 3.74. The number of aromatic nitrogens is 1. The SMILES string of the molecule is Cc1cc(C)cc(N=C2NC(=O)/C(=C/c3ccc(Sc4nc5ccc([N+](=O)[O-])cc5s4)c([N+](=O)[O-])c3)S2)c1. The number of nitrogens with one attached hydrogen (secondary N) is 1. The van der Waals surface area contributed by atoms with E-state index in [9.17, 15) is 25.0 Å². The van der Waals surface area contributed by atoms with E-state index in [4.69, 9.17) is 0 Å². The first-order valence-corrected chi connectivity index (χ1v) is 13.5. The van der Waals surface area contributed by atoms with Gasteiger partial charge in [-0.1, -0.05) is 23.9 Å². The number of carbonyl (C=O) groups excluding carboxylic acids is 1. The van der Waals surface area contributed by atoms with Crippen LogP contribution in [0.4, 0.5) is 17.1 Å². The number of carbonyl (C=O) groups is 1. The zero-order valence-corrected chi connectivity index (χ0v) is 22.3. The molecule has 0 saturated carbocycles. The van der Waals surface area contributed by atoms with Gasteiger partial charge in [0.15, 0.2) is 9.51 Å². The first-order valence-electron chi connectivity index (χ1n) is 11.0. The molecule has 10 nitrogen and oxygen atoms in total. The number of nitro benzene ring substituents is 2. The summed E-state index contributed by atoms with van der Waals surface area (Å²) < 4.78 is 1.14. The molecule has 1 amide bonds. The van der Waals surface area contributed by atoms with E-state index in [1.807, 2.05) is 32.0 Å². The molecule has 0 unspecified atom stereocenters. The van der Waals surface area contributed by atoms with Crippen molar-refractivity contribution >= 4 is 79.3 Å². The number of amidine groups is 1. The summed E-state index contributed by atoms with van der Waals surface area (Å²) in [5, 5.41) is 26.0. The zero-order valence-electron chi connectivity index (χ0n) is 19.8. The monoisotopic (exact) mass is 563 g/mol. The van der Waals surface area contributed by atoms with Crippen LogP contribution in [0.5, 0.6) is 0 Å². The summed E-state index contributed by atoms with van der Waals surface area (Å²) in [5.74, 6) is -0.331. The van der Waals surface area contributed by atoms with Gasteiger partial charge in [-0.2, -0.15) is 0 Å². The van der Waals surface area contributed by atoms with Crippen molar-refractivity contribution in [2.75, 3.05) is 0 Å². The van der Waals surface area contributed by atoms with Crippen molar-refractivity contribution in [2.45, 2.75) is 23.1 Å². The van der Waals surface area contributed by atoms with Crippen LogP contribution in [-0.4, -0.2) is 25.9 Å². The zero-order chi connectivity index (χ0) is 27.0. The lowest BCUT2D eigenvalue weighted by molar-refractivity contribution is -0.387. The fourth-order valence-electron chi connectivity index (χ4n) is 3.76. The molecule has 0 radical (unpaired) electrons. The number of aryl methyl sites for hydroxylation is 2.